The highest BCUT2D eigenvalue weighted by molar-refractivity contribution is 7.13. The lowest BCUT2D eigenvalue weighted by molar-refractivity contribution is -0.197. The van der Waals surface area contributed by atoms with Crippen LogP contribution < -0.4 is 4.74 Å². The number of imidazole rings is 1. The molecule has 2 aromatic heterocycles. The summed E-state index contributed by atoms with van der Waals surface area (Å²) in [5.41, 5.74) is 3.86. The first kappa shape index (κ1) is 23.6. The van der Waals surface area contributed by atoms with Crippen LogP contribution in [-0.4, -0.2) is 32.5 Å². The molecule has 2 aliphatic rings. The number of fused-ring (bicyclic) bond motifs is 1. The van der Waals surface area contributed by atoms with Crippen molar-refractivity contribution in [3.8, 4) is 16.3 Å². The van der Waals surface area contributed by atoms with E-state index in [1.54, 1.807) is 17.7 Å². The summed E-state index contributed by atoms with van der Waals surface area (Å²) in [6, 6.07) is 15.6. The molecule has 2 fully saturated rings. The molecule has 6 rings (SSSR count). The molecule has 186 valence electrons. The average molecular weight is 524 g/mol. The molecule has 2 aliphatic heterocycles. The van der Waals surface area contributed by atoms with Crippen LogP contribution in [0.25, 0.3) is 10.6 Å². The third-order valence-electron chi connectivity index (χ3n) is 6.29. The van der Waals surface area contributed by atoms with E-state index in [0.29, 0.717) is 11.6 Å². The largest absolute Gasteiger partial charge is 0.487 e. The van der Waals surface area contributed by atoms with Gasteiger partial charge in [0.1, 0.15) is 35.7 Å². The molecule has 0 saturated carbocycles. The van der Waals surface area contributed by atoms with Crippen molar-refractivity contribution in [1.82, 2.24) is 14.5 Å². The van der Waals surface area contributed by atoms with Gasteiger partial charge in [-0.15, -0.1) is 11.3 Å². The Morgan fingerprint density at radius 3 is 2.53 bits per heavy atom. The van der Waals surface area contributed by atoms with E-state index in [1.807, 2.05) is 85.4 Å². The minimum Gasteiger partial charge on any atom is -0.487 e. The molecule has 9 heteroatoms. The second-order valence-corrected chi connectivity index (χ2v) is 10.8. The summed E-state index contributed by atoms with van der Waals surface area (Å²) >= 11 is 7.58. The normalized spacial score (nSPS) is 24.7. The van der Waals surface area contributed by atoms with Gasteiger partial charge in [-0.25, -0.2) is 9.97 Å². The van der Waals surface area contributed by atoms with Crippen molar-refractivity contribution < 1.29 is 18.9 Å². The molecule has 0 spiro atoms. The lowest BCUT2D eigenvalue weighted by Crippen LogP contribution is -2.27. The van der Waals surface area contributed by atoms with Crippen molar-refractivity contribution in [2.24, 2.45) is 0 Å². The van der Waals surface area contributed by atoms with E-state index in [-0.39, 0.29) is 24.5 Å². The van der Waals surface area contributed by atoms with E-state index in [2.05, 4.69) is 9.97 Å². The van der Waals surface area contributed by atoms with Gasteiger partial charge in [-0.3, -0.25) is 0 Å². The third-order valence-corrected chi connectivity index (χ3v) is 7.48. The number of benzene rings is 2. The van der Waals surface area contributed by atoms with Crippen molar-refractivity contribution in [1.29, 1.82) is 0 Å². The van der Waals surface area contributed by atoms with E-state index in [0.717, 1.165) is 33.3 Å². The predicted octanol–water partition coefficient (Wildman–Crippen LogP) is 6.34. The quantitative estimate of drug-likeness (QED) is 0.294. The molecule has 2 saturated heterocycles. The van der Waals surface area contributed by atoms with Crippen molar-refractivity contribution in [3.05, 3.63) is 88.4 Å². The maximum Gasteiger partial charge on any atom is 0.164 e. The lowest BCUT2D eigenvalue weighted by atomic mass is 10.0. The topological polar surface area (TPSA) is 67.6 Å². The Balaban J connectivity index is 1.14. The van der Waals surface area contributed by atoms with Crippen LogP contribution in [0.4, 0.5) is 0 Å². The number of aryl methyl sites for hydroxylation is 1. The number of hydrogen-bond acceptors (Lipinski definition) is 7. The van der Waals surface area contributed by atoms with Gasteiger partial charge in [-0.1, -0.05) is 35.9 Å². The first-order valence-corrected chi connectivity index (χ1v) is 13.0. The van der Waals surface area contributed by atoms with Gasteiger partial charge in [0.15, 0.2) is 12.0 Å². The van der Waals surface area contributed by atoms with Crippen molar-refractivity contribution >= 4 is 22.9 Å². The smallest absolute Gasteiger partial charge is 0.164 e. The van der Waals surface area contributed by atoms with Crippen LogP contribution in [0.2, 0.25) is 5.02 Å². The van der Waals surface area contributed by atoms with Crippen LogP contribution in [0.3, 0.4) is 0 Å². The number of ether oxygens (including phenoxy) is 4. The zero-order valence-corrected chi connectivity index (χ0v) is 21.7. The molecule has 4 heterocycles. The molecule has 7 nitrogen and oxygen atoms in total. The summed E-state index contributed by atoms with van der Waals surface area (Å²) in [6.45, 7) is 6.22. The molecule has 0 unspecified atom stereocenters. The molecule has 0 aliphatic carbocycles. The monoisotopic (exact) mass is 523 g/mol. The van der Waals surface area contributed by atoms with Crippen LogP contribution in [0.15, 0.2) is 66.4 Å². The Morgan fingerprint density at radius 2 is 1.81 bits per heavy atom. The summed E-state index contributed by atoms with van der Waals surface area (Å²) in [5.74, 6) is 0.0900. The molecule has 0 bridgehead atoms. The van der Waals surface area contributed by atoms with Crippen LogP contribution in [0.1, 0.15) is 43.1 Å². The van der Waals surface area contributed by atoms with Crippen LogP contribution >= 0.6 is 22.9 Å². The van der Waals surface area contributed by atoms with Gasteiger partial charge in [0.25, 0.3) is 0 Å². The Morgan fingerprint density at radius 1 is 1.06 bits per heavy atom. The van der Waals surface area contributed by atoms with E-state index < -0.39 is 5.79 Å². The van der Waals surface area contributed by atoms with Gasteiger partial charge < -0.3 is 23.5 Å². The van der Waals surface area contributed by atoms with Gasteiger partial charge in [0.05, 0.1) is 17.7 Å². The fraction of sp³-hybridized carbons (Fsp3) is 0.333. The molecule has 4 atom stereocenters. The number of nitrogens with zero attached hydrogens (tertiary/aromatic N) is 3. The summed E-state index contributed by atoms with van der Waals surface area (Å²) in [4.78, 5) is 9.04. The Bertz CT molecular complexity index is 1350. The Hall–Kier alpha value is -2.75. The number of rotatable bonds is 6. The highest BCUT2D eigenvalue weighted by Gasteiger charge is 2.56. The van der Waals surface area contributed by atoms with Gasteiger partial charge in [-0.05, 0) is 50.6 Å². The molecule has 0 amide bonds. The van der Waals surface area contributed by atoms with Crippen molar-refractivity contribution in [3.63, 3.8) is 0 Å². The highest BCUT2D eigenvalue weighted by atomic mass is 35.5. The van der Waals surface area contributed by atoms with Gasteiger partial charge in [0, 0.05) is 22.2 Å². The third kappa shape index (κ3) is 4.67. The van der Waals surface area contributed by atoms with Gasteiger partial charge in [-0.2, -0.15) is 0 Å². The second kappa shape index (κ2) is 9.28. The number of hydrogen-bond donors (Lipinski definition) is 0. The van der Waals surface area contributed by atoms with E-state index in [1.165, 1.54) is 0 Å². The SMILES string of the molecule is Cc1cn([C@@H]2O[C@@H](c3ccc(OCc4csc(-c5ccc(Cl)cc5)n4)cc3)[C@@H]3OC(C)(C)O[C@@H]32)cn1. The van der Waals surface area contributed by atoms with Gasteiger partial charge in [0.2, 0.25) is 0 Å². The Labute approximate surface area is 218 Å². The zero-order valence-electron chi connectivity index (χ0n) is 20.1. The van der Waals surface area contributed by atoms with Crippen LogP contribution in [-0.2, 0) is 20.8 Å². The zero-order chi connectivity index (χ0) is 24.9. The molecular weight excluding hydrogens is 498 g/mol. The molecule has 0 radical (unpaired) electrons. The fourth-order valence-corrected chi connectivity index (χ4v) is 5.61. The Kier molecular flexibility index (Phi) is 6.09. The minimum absolute atomic E-state index is 0.222. The second-order valence-electron chi connectivity index (χ2n) is 9.48. The maximum absolute atomic E-state index is 6.44. The van der Waals surface area contributed by atoms with Crippen LogP contribution in [0.5, 0.6) is 5.75 Å². The lowest BCUT2D eigenvalue weighted by Gasteiger charge is -2.24. The summed E-state index contributed by atoms with van der Waals surface area (Å²) in [6.07, 6.45) is 2.72. The minimum atomic E-state index is -0.674. The average Bonchev–Trinajstić information content (AvgIpc) is 3.63. The van der Waals surface area contributed by atoms with Crippen molar-refractivity contribution in [2.45, 2.75) is 57.7 Å². The van der Waals surface area contributed by atoms with Crippen molar-refractivity contribution in [2.75, 3.05) is 0 Å². The first-order chi connectivity index (χ1) is 17.3. The molecule has 36 heavy (non-hydrogen) atoms. The molecule has 2 aromatic carbocycles. The standard InChI is InChI=1S/C27H26ClN3O4S/c1-16-12-31(15-29-16)26-24-23(34-27(2,3)35-24)22(33-26)17-6-10-21(11-7-17)32-13-20-14-36-25(30-20)18-4-8-19(28)9-5-18/h4-12,14-15,22-24,26H,13H2,1-3H3/t22-,23-,24-,26+/m0/s1. The number of thiazole rings is 1. The summed E-state index contributed by atoms with van der Waals surface area (Å²) < 4.78 is 26.9. The molecular formula is C27H26ClN3O4S. The highest BCUT2D eigenvalue weighted by Crippen LogP contribution is 2.49. The van der Waals surface area contributed by atoms with E-state index >= 15 is 0 Å². The fourth-order valence-electron chi connectivity index (χ4n) is 4.67. The maximum atomic E-state index is 6.44. The molecule has 0 N–H and O–H groups in total. The molecule has 4 aromatic rings. The number of halogens is 1. The summed E-state index contributed by atoms with van der Waals surface area (Å²) in [5, 5.41) is 3.67. The van der Waals surface area contributed by atoms with Crippen LogP contribution in [0, 0.1) is 6.92 Å². The predicted molar refractivity (Wildman–Crippen MR) is 137 cm³/mol. The van der Waals surface area contributed by atoms with E-state index in [4.69, 9.17) is 30.5 Å². The van der Waals surface area contributed by atoms with E-state index in [9.17, 15) is 0 Å². The van der Waals surface area contributed by atoms with Gasteiger partial charge >= 0.3 is 0 Å². The summed E-state index contributed by atoms with van der Waals surface area (Å²) in [7, 11) is 0. The number of aromatic nitrogens is 3. The first-order valence-electron chi connectivity index (χ1n) is 11.8.